The highest BCUT2D eigenvalue weighted by atomic mass is 15.0. The Morgan fingerprint density at radius 3 is 1.50 bits per heavy atom. The van der Waals surface area contributed by atoms with Gasteiger partial charge in [0.25, 0.3) is 0 Å². The van der Waals surface area contributed by atoms with E-state index in [4.69, 9.17) is 0 Å². The minimum atomic E-state index is 0.674. The van der Waals surface area contributed by atoms with E-state index in [0.29, 0.717) is 11.8 Å². The number of hydrogen-bond acceptors (Lipinski definition) is 0. The zero-order valence-corrected chi connectivity index (χ0v) is 15.6. The van der Waals surface area contributed by atoms with Crippen molar-refractivity contribution >= 4 is 11.1 Å². The number of nitrogens with zero attached hydrogens (tertiary/aromatic N) is 1. The van der Waals surface area contributed by atoms with Crippen LogP contribution in [0.3, 0.4) is 0 Å². The molecule has 0 aliphatic heterocycles. The molecule has 0 unspecified atom stereocenters. The largest absolute Gasteiger partial charge is 0.344 e. The van der Waals surface area contributed by atoms with E-state index < -0.39 is 0 Å². The molecule has 0 saturated heterocycles. The van der Waals surface area contributed by atoms with Crippen LogP contribution in [0.2, 0.25) is 0 Å². The van der Waals surface area contributed by atoms with Crippen LogP contribution in [0.1, 0.15) is 63.1 Å². The van der Waals surface area contributed by atoms with Gasteiger partial charge in [-0.15, -0.1) is 0 Å². The monoisotopic (exact) mass is 317 g/mol. The van der Waals surface area contributed by atoms with Gasteiger partial charge in [-0.2, -0.15) is 0 Å². The maximum Gasteiger partial charge on any atom is 0.0486 e. The van der Waals surface area contributed by atoms with Gasteiger partial charge in [0.15, 0.2) is 0 Å². The van der Waals surface area contributed by atoms with Crippen LogP contribution in [0.15, 0.2) is 34.4 Å². The molecule has 1 heteroatoms. The number of rotatable bonds is 2. The molecule has 0 bridgehead atoms. The second-order valence-electron chi connectivity index (χ2n) is 8.68. The number of allylic oxidation sites excluding steroid dienone is 8. The van der Waals surface area contributed by atoms with Crippen molar-refractivity contribution < 1.29 is 0 Å². The molecule has 4 aliphatic carbocycles. The van der Waals surface area contributed by atoms with Gasteiger partial charge in [-0.25, -0.2) is 0 Å². The summed E-state index contributed by atoms with van der Waals surface area (Å²) in [6.07, 6.45) is 9.70. The predicted molar refractivity (Wildman–Crippen MR) is 102 cm³/mol. The number of hydrogen-bond donors (Lipinski definition) is 0. The predicted octanol–water partition coefficient (Wildman–Crippen LogP) is 5.62. The first-order chi connectivity index (χ1) is 11.5. The van der Waals surface area contributed by atoms with Crippen molar-refractivity contribution in [2.75, 3.05) is 0 Å². The maximum absolute atomic E-state index is 2.55. The first-order valence-electron chi connectivity index (χ1n) is 9.51. The smallest absolute Gasteiger partial charge is 0.0486 e. The second kappa shape index (κ2) is 4.65. The summed E-state index contributed by atoms with van der Waals surface area (Å²) < 4.78 is 2.55. The summed E-state index contributed by atoms with van der Waals surface area (Å²) in [5, 5.41) is 0. The third kappa shape index (κ3) is 1.71. The highest BCUT2D eigenvalue weighted by molar-refractivity contribution is 5.90. The first-order valence-corrected chi connectivity index (χ1v) is 9.51. The maximum atomic E-state index is 2.55. The van der Waals surface area contributed by atoms with E-state index in [2.05, 4.69) is 51.5 Å². The molecule has 0 amide bonds. The minimum absolute atomic E-state index is 0.674. The summed E-state index contributed by atoms with van der Waals surface area (Å²) >= 11 is 0. The van der Waals surface area contributed by atoms with Crippen LogP contribution in [-0.4, -0.2) is 4.57 Å². The molecule has 0 atom stereocenters. The van der Waals surface area contributed by atoms with Crippen molar-refractivity contribution in [1.82, 2.24) is 4.57 Å². The Morgan fingerprint density at radius 1 is 0.708 bits per heavy atom. The van der Waals surface area contributed by atoms with E-state index in [1.165, 1.54) is 25.7 Å². The quantitative estimate of drug-likeness (QED) is 0.667. The molecule has 124 valence electrons. The van der Waals surface area contributed by atoms with Gasteiger partial charge in [-0.3, -0.25) is 0 Å². The fourth-order valence-corrected chi connectivity index (χ4v) is 5.22. The summed E-state index contributed by atoms with van der Waals surface area (Å²) in [6, 6.07) is 0. The summed E-state index contributed by atoms with van der Waals surface area (Å²) in [4.78, 5) is 0. The van der Waals surface area contributed by atoms with Crippen LogP contribution in [-0.2, 0) is 19.9 Å². The third-order valence-electron chi connectivity index (χ3n) is 6.65. The topological polar surface area (TPSA) is 4.93 Å². The molecule has 24 heavy (non-hydrogen) atoms. The molecule has 4 aliphatic rings. The van der Waals surface area contributed by atoms with E-state index in [1.54, 1.807) is 56.0 Å². The fraction of sp³-hybridized carbons (Fsp3) is 0.478. The van der Waals surface area contributed by atoms with E-state index >= 15 is 0 Å². The Kier molecular flexibility index (Phi) is 2.83. The Hall–Kier alpha value is -1.76. The van der Waals surface area contributed by atoms with Gasteiger partial charge in [-0.1, -0.05) is 51.0 Å². The van der Waals surface area contributed by atoms with Gasteiger partial charge in [0.05, 0.1) is 0 Å². The summed E-state index contributed by atoms with van der Waals surface area (Å²) in [6.45, 7) is 9.31. The summed E-state index contributed by atoms with van der Waals surface area (Å²) in [5.74, 6) is 1.35. The molecule has 0 saturated carbocycles. The lowest BCUT2D eigenvalue weighted by Crippen LogP contribution is -2.01. The Morgan fingerprint density at radius 2 is 1.12 bits per heavy atom. The fourth-order valence-electron chi connectivity index (χ4n) is 5.22. The van der Waals surface area contributed by atoms with Crippen LogP contribution < -0.4 is 0 Å². The average molecular weight is 317 g/mol. The van der Waals surface area contributed by atoms with Crippen molar-refractivity contribution in [3.8, 4) is 0 Å². The van der Waals surface area contributed by atoms with Crippen LogP contribution >= 0.6 is 0 Å². The van der Waals surface area contributed by atoms with Crippen LogP contribution in [0, 0.1) is 11.8 Å². The molecule has 1 heterocycles. The zero-order valence-electron chi connectivity index (χ0n) is 15.6. The molecule has 0 N–H and O–H groups in total. The second-order valence-corrected chi connectivity index (χ2v) is 8.68. The first kappa shape index (κ1) is 14.6. The average Bonchev–Trinajstić information content (AvgIpc) is 3.23. The van der Waals surface area contributed by atoms with Gasteiger partial charge < -0.3 is 4.57 Å². The summed E-state index contributed by atoms with van der Waals surface area (Å²) in [7, 11) is 2.31. The van der Waals surface area contributed by atoms with Gasteiger partial charge in [0, 0.05) is 31.3 Å². The normalized spacial score (nSPS) is 21.0. The number of fused-ring (bicyclic) bond motifs is 5. The zero-order chi connectivity index (χ0) is 16.7. The van der Waals surface area contributed by atoms with E-state index in [9.17, 15) is 0 Å². The van der Waals surface area contributed by atoms with Crippen molar-refractivity contribution in [2.45, 2.75) is 53.4 Å². The van der Waals surface area contributed by atoms with Crippen molar-refractivity contribution in [1.29, 1.82) is 0 Å². The molecular formula is C23H27N. The molecule has 1 aromatic heterocycles. The van der Waals surface area contributed by atoms with Crippen LogP contribution in [0.4, 0.5) is 0 Å². The van der Waals surface area contributed by atoms with Crippen LogP contribution in [0.25, 0.3) is 11.1 Å². The van der Waals surface area contributed by atoms with E-state index in [-0.39, 0.29) is 0 Å². The van der Waals surface area contributed by atoms with Gasteiger partial charge in [-0.05, 0) is 58.1 Å². The number of aromatic nitrogens is 1. The standard InChI is InChI=1S/C23H27N/c1-12(2)14-6-16-10-20-21-11-17-7-15(13(3)4)9-19(17)23(21)24(5)22(20)18(16)8-14/h6-7,12-13H,8-11H2,1-5H3. The molecule has 0 fully saturated rings. The third-order valence-corrected chi connectivity index (χ3v) is 6.65. The van der Waals surface area contributed by atoms with E-state index in [0.717, 1.165) is 0 Å². The Labute approximate surface area is 145 Å². The van der Waals surface area contributed by atoms with E-state index in [1.807, 2.05) is 0 Å². The van der Waals surface area contributed by atoms with Crippen LogP contribution in [0.5, 0.6) is 0 Å². The highest BCUT2D eigenvalue weighted by Gasteiger charge is 2.38. The molecule has 1 nitrogen and oxygen atoms in total. The minimum Gasteiger partial charge on any atom is -0.344 e. The lowest BCUT2D eigenvalue weighted by molar-refractivity contribution is 0.750. The molecule has 0 radical (unpaired) electrons. The highest BCUT2D eigenvalue weighted by Crippen LogP contribution is 2.52. The van der Waals surface area contributed by atoms with Crippen molar-refractivity contribution in [3.05, 3.63) is 57.0 Å². The van der Waals surface area contributed by atoms with Crippen molar-refractivity contribution in [2.24, 2.45) is 18.9 Å². The van der Waals surface area contributed by atoms with Gasteiger partial charge in [0.2, 0.25) is 0 Å². The molecular weight excluding hydrogens is 290 g/mol. The van der Waals surface area contributed by atoms with Gasteiger partial charge in [0.1, 0.15) is 0 Å². The molecule has 0 aromatic carbocycles. The Balaban J connectivity index is 1.54. The molecule has 5 rings (SSSR count). The summed E-state index contributed by atoms with van der Waals surface area (Å²) in [5.41, 5.74) is 16.1. The lowest BCUT2D eigenvalue weighted by atomic mass is 9.96. The lowest BCUT2D eigenvalue weighted by Gasteiger charge is -2.13. The molecule has 1 aromatic rings. The Bertz CT molecular complexity index is 833. The van der Waals surface area contributed by atoms with Crippen molar-refractivity contribution in [3.63, 3.8) is 0 Å². The molecule has 0 spiro atoms. The van der Waals surface area contributed by atoms with Gasteiger partial charge >= 0.3 is 0 Å². The SMILES string of the molecule is CC(C)C1=CC2=C(C1)c1c(c3c(n1C)C1=C(C=C(C(C)C)C1)C3)C2.